The highest BCUT2D eigenvalue weighted by Crippen LogP contribution is 2.18. The summed E-state index contributed by atoms with van der Waals surface area (Å²) in [4.78, 5) is 23.2. The van der Waals surface area contributed by atoms with E-state index in [0.717, 1.165) is 10.0 Å². The zero-order valence-electron chi connectivity index (χ0n) is 11.5. The molecule has 0 atom stereocenters. The highest BCUT2D eigenvalue weighted by Gasteiger charge is 2.35. The van der Waals surface area contributed by atoms with Gasteiger partial charge in [0.1, 0.15) is 5.54 Å². The van der Waals surface area contributed by atoms with Crippen molar-refractivity contribution in [1.82, 2.24) is 5.32 Å². The molecule has 0 fully saturated rings. The second-order valence-electron chi connectivity index (χ2n) is 4.44. The van der Waals surface area contributed by atoms with Crippen LogP contribution < -0.4 is 5.32 Å². The lowest BCUT2D eigenvalue weighted by Crippen LogP contribution is -2.53. The maximum atomic E-state index is 11.9. The fraction of sp³-hybridized carbons (Fsp3) is 0.333. The van der Waals surface area contributed by atoms with Crippen LogP contribution in [0.25, 0.3) is 6.08 Å². The number of carboxylic acid groups (broad SMARTS) is 1. The van der Waals surface area contributed by atoms with E-state index in [0.29, 0.717) is 12.8 Å². The van der Waals surface area contributed by atoms with Gasteiger partial charge in [-0.25, -0.2) is 4.79 Å². The number of carboxylic acids is 1. The summed E-state index contributed by atoms with van der Waals surface area (Å²) in [5.74, 6) is -1.42. The molecule has 0 spiro atoms. The van der Waals surface area contributed by atoms with E-state index >= 15 is 0 Å². The van der Waals surface area contributed by atoms with E-state index in [1.54, 1.807) is 19.9 Å². The Bertz CT molecular complexity index is 522. The molecule has 0 unspecified atom stereocenters. The van der Waals surface area contributed by atoms with E-state index in [-0.39, 0.29) is 0 Å². The van der Waals surface area contributed by atoms with Crippen LogP contribution in [0.3, 0.4) is 0 Å². The van der Waals surface area contributed by atoms with Crippen LogP contribution in [0.1, 0.15) is 32.3 Å². The van der Waals surface area contributed by atoms with Crippen molar-refractivity contribution < 1.29 is 14.7 Å². The molecule has 0 saturated heterocycles. The third kappa shape index (κ3) is 3.93. The number of benzene rings is 1. The van der Waals surface area contributed by atoms with Gasteiger partial charge in [0.15, 0.2) is 0 Å². The molecule has 0 aliphatic rings. The molecule has 0 bridgehead atoms. The van der Waals surface area contributed by atoms with E-state index in [1.807, 2.05) is 24.3 Å². The molecule has 1 amide bonds. The number of nitrogens with one attached hydrogen (secondary N) is 1. The first-order chi connectivity index (χ1) is 9.45. The van der Waals surface area contributed by atoms with Gasteiger partial charge < -0.3 is 10.4 Å². The lowest BCUT2D eigenvalue weighted by molar-refractivity contribution is -0.147. The van der Waals surface area contributed by atoms with Gasteiger partial charge in [-0.2, -0.15) is 0 Å². The van der Waals surface area contributed by atoms with Crippen LogP contribution in [0.2, 0.25) is 0 Å². The number of carbonyl (C=O) groups is 2. The lowest BCUT2D eigenvalue weighted by Gasteiger charge is -2.27. The van der Waals surface area contributed by atoms with Crippen LogP contribution in [-0.4, -0.2) is 22.5 Å². The number of amides is 1. The Labute approximate surface area is 127 Å². The summed E-state index contributed by atoms with van der Waals surface area (Å²) < 4.78 is 0.875. The number of hydrogen-bond donors (Lipinski definition) is 2. The van der Waals surface area contributed by atoms with E-state index in [1.165, 1.54) is 6.08 Å². The Morgan fingerprint density at radius 1 is 1.30 bits per heavy atom. The molecule has 1 aromatic carbocycles. The molecular formula is C15H18BrNO3. The fourth-order valence-electron chi connectivity index (χ4n) is 1.84. The van der Waals surface area contributed by atoms with Gasteiger partial charge >= 0.3 is 5.97 Å². The molecule has 4 nitrogen and oxygen atoms in total. The normalized spacial score (nSPS) is 11.6. The topological polar surface area (TPSA) is 66.4 Å². The van der Waals surface area contributed by atoms with Gasteiger partial charge in [0, 0.05) is 10.5 Å². The van der Waals surface area contributed by atoms with Gasteiger partial charge in [-0.05, 0) is 30.5 Å². The summed E-state index contributed by atoms with van der Waals surface area (Å²) in [6.45, 7) is 3.49. The summed E-state index contributed by atoms with van der Waals surface area (Å²) in [7, 11) is 0. The number of halogens is 1. The smallest absolute Gasteiger partial charge is 0.329 e. The summed E-state index contributed by atoms with van der Waals surface area (Å²) in [5.41, 5.74) is -0.341. The molecule has 20 heavy (non-hydrogen) atoms. The van der Waals surface area contributed by atoms with Crippen LogP contribution in [0.5, 0.6) is 0 Å². The number of hydrogen-bond acceptors (Lipinski definition) is 2. The largest absolute Gasteiger partial charge is 0.480 e. The van der Waals surface area contributed by atoms with Gasteiger partial charge in [-0.15, -0.1) is 0 Å². The standard InChI is InChI=1S/C15H18BrNO3/c1-3-15(4-2,14(19)20)17-13(18)10-9-11-7-5-6-8-12(11)16/h5-10H,3-4H2,1-2H3,(H,17,18)(H,19,20). The van der Waals surface area contributed by atoms with Gasteiger partial charge in [-0.1, -0.05) is 48.0 Å². The minimum atomic E-state index is -1.20. The quantitative estimate of drug-likeness (QED) is 0.782. The molecule has 0 aliphatic heterocycles. The van der Waals surface area contributed by atoms with E-state index in [2.05, 4.69) is 21.2 Å². The Morgan fingerprint density at radius 2 is 1.90 bits per heavy atom. The summed E-state index contributed by atoms with van der Waals surface area (Å²) in [6, 6.07) is 7.47. The van der Waals surface area contributed by atoms with Crippen molar-refractivity contribution in [3.8, 4) is 0 Å². The van der Waals surface area contributed by atoms with Crippen molar-refractivity contribution in [3.05, 3.63) is 40.4 Å². The minimum Gasteiger partial charge on any atom is -0.480 e. The summed E-state index contributed by atoms with van der Waals surface area (Å²) >= 11 is 3.38. The molecule has 0 saturated carbocycles. The SMILES string of the molecule is CCC(CC)(NC(=O)C=Cc1ccccc1Br)C(=O)O. The first-order valence-electron chi connectivity index (χ1n) is 6.43. The van der Waals surface area contributed by atoms with Crippen LogP contribution >= 0.6 is 15.9 Å². The number of aliphatic carboxylic acids is 1. The van der Waals surface area contributed by atoms with Crippen molar-refractivity contribution >= 4 is 33.9 Å². The first kappa shape index (κ1) is 16.4. The lowest BCUT2D eigenvalue weighted by atomic mass is 9.93. The third-order valence-corrected chi connectivity index (χ3v) is 4.02. The van der Waals surface area contributed by atoms with Crippen molar-refractivity contribution in [2.24, 2.45) is 0 Å². The molecule has 1 rings (SSSR count). The predicted octanol–water partition coefficient (Wildman–Crippen LogP) is 3.22. The van der Waals surface area contributed by atoms with Gasteiger partial charge in [0.25, 0.3) is 0 Å². The maximum absolute atomic E-state index is 11.9. The highest BCUT2D eigenvalue weighted by atomic mass is 79.9. The Kier molecular flexibility index (Phi) is 5.95. The molecule has 0 aromatic heterocycles. The molecular weight excluding hydrogens is 322 g/mol. The third-order valence-electron chi connectivity index (χ3n) is 3.30. The summed E-state index contributed by atoms with van der Waals surface area (Å²) in [6.07, 6.45) is 3.68. The summed E-state index contributed by atoms with van der Waals surface area (Å²) in [5, 5.41) is 11.8. The molecule has 2 N–H and O–H groups in total. The Hall–Kier alpha value is -1.62. The van der Waals surface area contributed by atoms with E-state index in [9.17, 15) is 14.7 Å². The fourth-order valence-corrected chi connectivity index (χ4v) is 2.25. The molecule has 108 valence electrons. The zero-order chi connectivity index (χ0) is 15.2. The van der Waals surface area contributed by atoms with Gasteiger partial charge in [-0.3, -0.25) is 4.79 Å². The Morgan fingerprint density at radius 3 is 2.40 bits per heavy atom. The first-order valence-corrected chi connectivity index (χ1v) is 7.22. The van der Waals surface area contributed by atoms with Gasteiger partial charge in [0.2, 0.25) is 5.91 Å². The maximum Gasteiger partial charge on any atom is 0.329 e. The van der Waals surface area contributed by atoms with Crippen molar-refractivity contribution in [2.75, 3.05) is 0 Å². The molecule has 0 aliphatic carbocycles. The number of rotatable bonds is 6. The molecule has 0 heterocycles. The van der Waals surface area contributed by atoms with E-state index < -0.39 is 17.4 Å². The molecule has 1 aromatic rings. The Balaban J connectivity index is 2.82. The molecule has 5 heteroatoms. The zero-order valence-corrected chi connectivity index (χ0v) is 13.1. The second kappa shape index (κ2) is 7.24. The number of carbonyl (C=O) groups excluding carboxylic acids is 1. The van der Waals surface area contributed by atoms with Crippen molar-refractivity contribution in [2.45, 2.75) is 32.2 Å². The monoisotopic (exact) mass is 339 g/mol. The molecule has 0 radical (unpaired) electrons. The average Bonchev–Trinajstić information content (AvgIpc) is 2.43. The van der Waals surface area contributed by atoms with Crippen LogP contribution in [0, 0.1) is 0 Å². The minimum absolute atomic E-state index is 0.341. The van der Waals surface area contributed by atoms with Crippen LogP contribution in [-0.2, 0) is 9.59 Å². The van der Waals surface area contributed by atoms with Crippen molar-refractivity contribution in [3.63, 3.8) is 0 Å². The van der Waals surface area contributed by atoms with E-state index in [4.69, 9.17) is 0 Å². The van der Waals surface area contributed by atoms with Crippen molar-refractivity contribution in [1.29, 1.82) is 0 Å². The highest BCUT2D eigenvalue weighted by molar-refractivity contribution is 9.10. The second-order valence-corrected chi connectivity index (χ2v) is 5.29. The van der Waals surface area contributed by atoms with Crippen LogP contribution in [0.15, 0.2) is 34.8 Å². The average molecular weight is 340 g/mol. The predicted molar refractivity (Wildman–Crippen MR) is 82.3 cm³/mol. The van der Waals surface area contributed by atoms with Gasteiger partial charge in [0.05, 0.1) is 0 Å². The van der Waals surface area contributed by atoms with Crippen LogP contribution in [0.4, 0.5) is 0 Å².